The lowest BCUT2D eigenvalue weighted by molar-refractivity contribution is -0.176. The second-order valence-corrected chi connectivity index (χ2v) is 7.05. The number of hydrogen-bond acceptors (Lipinski definition) is 4. The van der Waals surface area contributed by atoms with Crippen LogP contribution in [0, 0.1) is 17.3 Å². The third kappa shape index (κ3) is 2.08. The van der Waals surface area contributed by atoms with Crippen molar-refractivity contribution in [2.24, 2.45) is 17.3 Å². The Morgan fingerprint density at radius 2 is 2.10 bits per heavy atom. The Balaban J connectivity index is 1.86. The average Bonchev–Trinajstić information content (AvgIpc) is 2.83. The maximum absolute atomic E-state index is 11.8. The molecule has 0 amide bonds. The Kier molecular flexibility index (Phi) is 3.15. The SMILES string of the molecule is CC1CCC2C(C)(C)C2(OC(O)c2c[nH]c(=O)[nH]c2=O)C1. The van der Waals surface area contributed by atoms with Gasteiger partial charge in [0.15, 0.2) is 6.29 Å². The van der Waals surface area contributed by atoms with Gasteiger partial charge in [0.2, 0.25) is 0 Å². The predicted octanol–water partition coefficient (Wildman–Crippen LogP) is 1.29. The molecule has 2 fully saturated rings. The minimum atomic E-state index is -1.32. The topological polar surface area (TPSA) is 95.2 Å². The zero-order chi connectivity index (χ0) is 15.4. The van der Waals surface area contributed by atoms with Gasteiger partial charge in [-0.2, -0.15) is 0 Å². The molecule has 4 unspecified atom stereocenters. The van der Waals surface area contributed by atoms with Crippen LogP contribution in [0.5, 0.6) is 0 Å². The van der Waals surface area contributed by atoms with Crippen LogP contribution in [0.15, 0.2) is 15.8 Å². The summed E-state index contributed by atoms with van der Waals surface area (Å²) in [4.78, 5) is 27.3. The van der Waals surface area contributed by atoms with Crippen LogP contribution in [-0.2, 0) is 4.74 Å². The van der Waals surface area contributed by atoms with Crippen LogP contribution in [-0.4, -0.2) is 20.7 Å². The molecule has 0 bridgehead atoms. The van der Waals surface area contributed by atoms with Crippen molar-refractivity contribution < 1.29 is 9.84 Å². The second-order valence-electron chi connectivity index (χ2n) is 7.05. The van der Waals surface area contributed by atoms with Crippen molar-refractivity contribution in [3.05, 3.63) is 32.6 Å². The molecule has 1 heterocycles. The number of hydrogen-bond donors (Lipinski definition) is 3. The highest BCUT2D eigenvalue weighted by atomic mass is 16.6. The van der Waals surface area contributed by atoms with Gasteiger partial charge in [-0.05, 0) is 30.1 Å². The van der Waals surface area contributed by atoms with E-state index in [2.05, 4.69) is 30.7 Å². The number of rotatable bonds is 3. The number of H-pyrrole nitrogens is 2. The van der Waals surface area contributed by atoms with E-state index >= 15 is 0 Å². The molecule has 116 valence electrons. The number of fused-ring (bicyclic) bond motifs is 1. The molecule has 2 aliphatic carbocycles. The normalized spacial score (nSPS) is 35.0. The molecule has 0 spiro atoms. The van der Waals surface area contributed by atoms with Gasteiger partial charge in [0.05, 0.1) is 11.2 Å². The van der Waals surface area contributed by atoms with E-state index in [9.17, 15) is 14.7 Å². The first-order valence-corrected chi connectivity index (χ1v) is 7.46. The predicted molar refractivity (Wildman–Crippen MR) is 76.7 cm³/mol. The van der Waals surface area contributed by atoms with Crippen LogP contribution >= 0.6 is 0 Å². The maximum Gasteiger partial charge on any atom is 0.325 e. The summed E-state index contributed by atoms with van der Waals surface area (Å²) in [5, 5.41) is 10.3. The first-order chi connectivity index (χ1) is 9.78. The fourth-order valence-electron chi connectivity index (χ4n) is 4.14. The first-order valence-electron chi connectivity index (χ1n) is 7.46. The molecule has 21 heavy (non-hydrogen) atoms. The van der Waals surface area contributed by atoms with Gasteiger partial charge in [0.1, 0.15) is 0 Å². The van der Waals surface area contributed by atoms with Crippen LogP contribution < -0.4 is 11.2 Å². The lowest BCUT2D eigenvalue weighted by Crippen LogP contribution is -2.33. The van der Waals surface area contributed by atoms with Crippen molar-refractivity contribution >= 4 is 0 Å². The van der Waals surface area contributed by atoms with E-state index in [4.69, 9.17) is 4.74 Å². The first kappa shape index (κ1) is 14.5. The van der Waals surface area contributed by atoms with Gasteiger partial charge in [-0.3, -0.25) is 9.78 Å². The van der Waals surface area contributed by atoms with E-state index in [1.807, 2.05) is 0 Å². The molecule has 2 saturated carbocycles. The molecule has 6 heteroatoms. The summed E-state index contributed by atoms with van der Waals surface area (Å²) in [7, 11) is 0. The van der Waals surface area contributed by atoms with Crippen LogP contribution in [0.3, 0.4) is 0 Å². The molecule has 2 aliphatic rings. The van der Waals surface area contributed by atoms with E-state index in [1.165, 1.54) is 12.6 Å². The smallest absolute Gasteiger partial charge is 0.325 e. The monoisotopic (exact) mass is 294 g/mol. The third-order valence-corrected chi connectivity index (χ3v) is 5.48. The number of aliphatic hydroxyl groups is 1. The van der Waals surface area contributed by atoms with Gasteiger partial charge in [-0.1, -0.05) is 27.2 Å². The minimum absolute atomic E-state index is 0.00763. The van der Waals surface area contributed by atoms with Crippen LogP contribution in [0.1, 0.15) is 51.9 Å². The van der Waals surface area contributed by atoms with E-state index in [-0.39, 0.29) is 16.6 Å². The van der Waals surface area contributed by atoms with E-state index < -0.39 is 17.5 Å². The van der Waals surface area contributed by atoms with Gasteiger partial charge in [-0.25, -0.2) is 4.79 Å². The number of aromatic amines is 2. The lowest BCUT2D eigenvalue weighted by Gasteiger charge is -2.30. The molecular formula is C15H22N2O4. The highest BCUT2D eigenvalue weighted by molar-refractivity contribution is 5.23. The van der Waals surface area contributed by atoms with Crippen molar-refractivity contribution in [2.75, 3.05) is 0 Å². The Morgan fingerprint density at radius 1 is 1.38 bits per heavy atom. The molecule has 1 aromatic heterocycles. The van der Waals surface area contributed by atoms with Gasteiger partial charge in [0.25, 0.3) is 5.56 Å². The van der Waals surface area contributed by atoms with E-state index in [1.54, 1.807) is 0 Å². The van der Waals surface area contributed by atoms with Crippen LogP contribution in [0.25, 0.3) is 0 Å². The Morgan fingerprint density at radius 3 is 2.76 bits per heavy atom. The summed E-state index contributed by atoms with van der Waals surface area (Å²) in [5.41, 5.74) is -1.52. The number of aromatic nitrogens is 2. The Hall–Kier alpha value is -1.40. The van der Waals surface area contributed by atoms with Crippen LogP contribution in [0.4, 0.5) is 0 Å². The Labute approximate surface area is 122 Å². The van der Waals surface area contributed by atoms with Gasteiger partial charge >= 0.3 is 5.69 Å². The standard InChI is InChI=1S/C15H22N2O4/c1-8-4-5-10-14(2,3)15(10,6-8)21-12(19)9-7-16-13(20)17-11(9)18/h7-8,10,12,19H,4-6H2,1-3H3,(H2,16,17,18,20). The average molecular weight is 294 g/mol. The van der Waals surface area contributed by atoms with Crippen molar-refractivity contribution in [3.63, 3.8) is 0 Å². The molecule has 3 rings (SSSR count). The van der Waals surface area contributed by atoms with Crippen molar-refractivity contribution in [3.8, 4) is 0 Å². The van der Waals surface area contributed by atoms with Gasteiger partial charge < -0.3 is 14.8 Å². The molecule has 1 aromatic rings. The minimum Gasteiger partial charge on any atom is -0.364 e. The molecule has 0 aliphatic heterocycles. The molecule has 6 nitrogen and oxygen atoms in total. The molecule has 4 atom stereocenters. The van der Waals surface area contributed by atoms with Gasteiger partial charge in [0, 0.05) is 6.20 Å². The highest BCUT2D eigenvalue weighted by Gasteiger charge is 2.73. The van der Waals surface area contributed by atoms with Crippen molar-refractivity contribution in [1.82, 2.24) is 9.97 Å². The largest absolute Gasteiger partial charge is 0.364 e. The zero-order valence-corrected chi connectivity index (χ0v) is 12.6. The summed E-state index contributed by atoms with van der Waals surface area (Å²) in [6, 6.07) is 0. The van der Waals surface area contributed by atoms with E-state index in [0.29, 0.717) is 11.8 Å². The van der Waals surface area contributed by atoms with Crippen LogP contribution in [0.2, 0.25) is 0 Å². The summed E-state index contributed by atoms with van der Waals surface area (Å²) in [6.07, 6.45) is 3.06. The number of aliphatic hydroxyl groups excluding tert-OH is 1. The molecule has 3 N–H and O–H groups in total. The maximum atomic E-state index is 11.8. The summed E-state index contributed by atoms with van der Waals surface area (Å²) in [5.74, 6) is 0.960. The summed E-state index contributed by atoms with van der Waals surface area (Å²) >= 11 is 0. The van der Waals surface area contributed by atoms with E-state index in [0.717, 1.165) is 12.8 Å². The molecule has 0 saturated heterocycles. The number of nitrogens with one attached hydrogen (secondary N) is 2. The van der Waals surface area contributed by atoms with Gasteiger partial charge in [-0.15, -0.1) is 0 Å². The third-order valence-electron chi connectivity index (χ3n) is 5.48. The lowest BCUT2D eigenvalue weighted by atomic mass is 9.88. The molecule has 0 radical (unpaired) electrons. The zero-order valence-electron chi connectivity index (χ0n) is 12.6. The fraction of sp³-hybridized carbons (Fsp3) is 0.733. The second kappa shape index (κ2) is 4.55. The Bertz CT molecular complexity index is 662. The van der Waals surface area contributed by atoms with Crippen molar-refractivity contribution in [1.29, 1.82) is 0 Å². The molecule has 0 aromatic carbocycles. The molecular weight excluding hydrogens is 272 g/mol. The fourth-order valence-corrected chi connectivity index (χ4v) is 4.14. The quantitative estimate of drug-likeness (QED) is 0.732. The highest BCUT2D eigenvalue weighted by Crippen LogP contribution is 2.71. The summed E-state index contributed by atoms with van der Waals surface area (Å²) in [6.45, 7) is 6.49. The summed E-state index contributed by atoms with van der Waals surface area (Å²) < 4.78 is 5.96. The van der Waals surface area contributed by atoms with Crippen molar-refractivity contribution in [2.45, 2.75) is 51.9 Å². The number of ether oxygens (including phenoxy) is 1.